The third-order valence-corrected chi connectivity index (χ3v) is 5.86. The molecule has 9 nitrogen and oxygen atoms in total. The fourth-order valence-corrected chi connectivity index (χ4v) is 4.48. The van der Waals surface area contributed by atoms with Crippen molar-refractivity contribution in [2.24, 2.45) is 14.1 Å². The summed E-state index contributed by atoms with van der Waals surface area (Å²) in [6, 6.07) is -1.36. The van der Waals surface area contributed by atoms with Gasteiger partial charge in [-0.3, -0.25) is 14.2 Å². The van der Waals surface area contributed by atoms with Gasteiger partial charge in [-0.05, 0) is 12.8 Å². The molecule has 1 aliphatic heterocycles. The molecule has 1 aliphatic rings. The standard InChI is InChI=1S/C13H17F3N4O5S/c1-18-6-9(11(22)19(2)12(18)23)26(24,25)20-5-3-4-8(20)10(21)17-7-13(14,15)16/h6,8H,3-5,7H2,1-2H3,(H,17,21)/t8-/m1/s1. The van der Waals surface area contributed by atoms with Crippen LogP contribution in [-0.4, -0.2) is 53.1 Å². The van der Waals surface area contributed by atoms with Gasteiger partial charge in [-0.2, -0.15) is 17.5 Å². The van der Waals surface area contributed by atoms with Crippen LogP contribution in [0.25, 0.3) is 0 Å². The Morgan fingerprint density at radius 2 is 1.92 bits per heavy atom. The summed E-state index contributed by atoms with van der Waals surface area (Å²) in [7, 11) is -2.13. The van der Waals surface area contributed by atoms with E-state index >= 15 is 0 Å². The molecule has 1 N–H and O–H groups in total. The van der Waals surface area contributed by atoms with E-state index in [9.17, 15) is 36.0 Å². The van der Waals surface area contributed by atoms with Crippen molar-refractivity contribution in [3.8, 4) is 0 Å². The summed E-state index contributed by atoms with van der Waals surface area (Å²) in [4.78, 5) is 35.1. The highest BCUT2D eigenvalue weighted by molar-refractivity contribution is 7.89. The summed E-state index contributed by atoms with van der Waals surface area (Å²) in [5.74, 6) is -1.09. The molecule has 0 aromatic carbocycles. The quantitative estimate of drug-likeness (QED) is 0.694. The first-order chi connectivity index (χ1) is 11.9. The summed E-state index contributed by atoms with van der Waals surface area (Å²) < 4.78 is 64.5. The van der Waals surface area contributed by atoms with Gasteiger partial charge >= 0.3 is 11.9 Å². The fraction of sp³-hybridized carbons (Fsp3) is 0.615. The van der Waals surface area contributed by atoms with Crippen molar-refractivity contribution in [1.82, 2.24) is 18.8 Å². The topological polar surface area (TPSA) is 110 Å². The molecule has 26 heavy (non-hydrogen) atoms. The predicted octanol–water partition coefficient (Wildman–Crippen LogP) is -1.08. The zero-order valence-electron chi connectivity index (χ0n) is 13.9. The molecule has 0 aliphatic carbocycles. The van der Waals surface area contributed by atoms with Crippen LogP contribution >= 0.6 is 0 Å². The van der Waals surface area contributed by atoms with Gasteiger partial charge in [0.25, 0.3) is 15.6 Å². The normalized spacial score (nSPS) is 18.9. The number of rotatable bonds is 4. The molecule has 1 amide bonds. The maximum Gasteiger partial charge on any atom is 0.405 e. The van der Waals surface area contributed by atoms with E-state index in [0.29, 0.717) is 8.87 Å². The minimum atomic E-state index is -4.63. The maximum absolute atomic E-state index is 12.8. The van der Waals surface area contributed by atoms with Gasteiger partial charge in [0.05, 0.1) is 0 Å². The molecule has 1 aromatic rings. The van der Waals surface area contributed by atoms with Crippen LogP contribution in [0.2, 0.25) is 0 Å². The molecule has 1 fully saturated rings. The Morgan fingerprint density at radius 1 is 1.31 bits per heavy atom. The lowest BCUT2D eigenvalue weighted by Crippen LogP contribution is -2.49. The Balaban J connectivity index is 2.38. The third-order valence-electron chi connectivity index (χ3n) is 3.97. The lowest BCUT2D eigenvalue weighted by molar-refractivity contribution is -0.140. The second-order valence-electron chi connectivity index (χ2n) is 5.86. The monoisotopic (exact) mass is 398 g/mol. The number of carbonyl (C=O) groups is 1. The van der Waals surface area contributed by atoms with Crippen LogP contribution in [0.5, 0.6) is 0 Å². The smallest absolute Gasteiger partial charge is 0.346 e. The summed E-state index contributed by atoms with van der Waals surface area (Å²) in [6.45, 7) is -1.71. The first-order valence-electron chi connectivity index (χ1n) is 7.49. The van der Waals surface area contributed by atoms with E-state index in [2.05, 4.69) is 0 Å². The second kappa shape index (κ2) is 6.87. The van der Waals surface area contributed by atoms with E-state index in [0.717, 1.165) is 17.8 Å². The van der Waals surface area contributed by atoms with Crippen molar-refractivity contribution in [3.63, 3.8) is 0 Å². The van der Waals surface area contributed by atoms with Gasteiger partial charge in [-0.1, -0.05) is 0 Å². The van der Waals surface area contributed by atoms with Gasteiger partial charge in [-0.25, -0.2) is 13.2 Å². The number of nitrogens with one attached hydrogen (secondary N) is 1. The lowest BCUT2D eigenvalue weighted by Gasteiger charge is -2.23. The molecular formula is C13H17F3N4O5S. The number of amides is 1. The molecule has 2 rings (SSSR count). The highest BCUT2D eigenvalue weighted by Crippen LogP contribution is 2.25. The van der Waals surface area contributed by atoms with E-state index < -0.39 is 50.8 Å². The first kappa shape index (κ1) is 20.2. The van der Waals surface area contributed by atoms with Crippen molar-refractivity contribution < 1.29 is 26.4 Å². The number of carbonyl (C=O) groups excluding carboxylic acids is 1. The van der Waals surface area contributed by atoms with Crippen molar-refractivity contribution in [2.75, 3.05) is 13.1 Å². The van der Waals surface area contributed by atoms with Gasteiger partial charge in [0, 0.05) is 26.8 Å². The molecular weight excluding hydrogens is 381 g/mol. The Morgan fingerprint density at radius 3 is 2.50 bits per heavy atom. The molecule has 1 saturated heterocycles. The Labute approximate surface area is 146 Å². The number of aryl methyl sites for hydroxylation is 1. The minimum absolute atomic E-state index is 0.0228. The van der Waals surface area contributed by atoms with Crippen LogP contribution in [0, 0.1) is 0 Å². The molecule has 0 radical (unpaired) electrons. The third kappa shape index (κ3) is 3.82. The number of alkyl halides is 3. The predicted molar refractivity (Wildman–Crippen MR) is 82.9 cm³/mol. The van der Waals surface area contributed by atoms with Gasteiger partial charge < -0.3 is 9.88 Å². The van der Waals surface area contributed by atoms with Crippen LogP contribution in [0.15, 0.2) is 20.7 Å². The molecule has 0 spiro atoms. The second-order valence-corrected chi connectivity index (χ2v) is 7.72. The van der Waals surface area contributed by atoms with Crippen LogP contribution in [0.1, 0.15) is 12.8 Å². The largest absolute Gasteiger partial charge is 0.405 e. The molecule has 1 aromatic heterocycles. The Hall–Kier alpha value is -2.15. The number of hydrogen-bond donors (Lipinski definition) is 1. The van der Waals surface area contributed by atoms with Crippen LogP contribution in [0.3, 0.4) is 0 Å². The van der Waals surface area contributed by atoms with Crippen LogP contribution in [0.4, 0.5) is 13.2 Å². The molecule has 13 heteroatoms. The van der Waals surface area contributed by atoms with Gasteiger partial charge in [0.1, 0.15) is 12.6 Å². The van der Waals surface area contributed by atoms with Crippen LogP contribution in [-0.2, 0) is 28.9 Å². The van der Waals surface area contributed by atoms with E-state index in [1.54, 1.807) is 5.32 Å². The van der Waals surface area contributed by atoms with Gasteiger partial charge in [0.15, 0.2) is 4.90 Å². The SMILES string of the molecule is Cn1cc(S(=O)(=O)N2CCC[C@@H]2C(=O)NCC(F)(F)F)c(=O)n(C)c1=O. The number of hydrogen-bond acceptors (Lipinski definition) is 5. The number of sulfonamides is 1. The zero-order valence-corrected chi connectivity index (χ0v) is 14.7. The minimum Gasteiger partial charge on any atom is -0.346 e. The van der Waals surface area contributed by atoms with E-state index in [4.69, 9.17) is 0 Å². The van der Waals surface area contributed by atoms with E-state index in [1.807, 2.05) is 0 Å². The van der Waals surface area contributed by atoms with Crippen molar-refractivity contribution in [1.29, 1.82) is 0 Å². The van der Waals surface area contributed by atoms with Crippen molar-refractivity contribution >= 4 is 15.9 Å². The Bertz CT molecular complexity index is 935. The van der Waals surface area contributed by atoms with Crippen molar-refractivity contribution in [3.05, 3.63) is 27.0 Å². The maximum atomic E-state index is 12.8. The summed E-state index contributed by atoms with van der Waals surface area (Å²) in [5, 5.41) is 1.66. The first-order valence-corrected chi connectivity index (χ1v) is 8.93. The molecule has 2 heterocycles. The van der Waals surface area contributed by atoms with Gasteiger partial charge in [-0.15, -0.1) is 0 Å². The fourth-order valence-electron chi connectivity index (χ4n) is 2.67. The molecule has 1 atom stereocenters. The van der Waals surface area contributed by atoms with Crippen molar-refractivity contribution in [2.45, 2.75) is 30.0 Å². The molecule has 0 bridgehead atoms. The molecule has 146 valence electrons. The summed E-state index contributed by atoms with van der Waals surface area (Å²) in [5.41, 5.74) is -1.82. The number of aromatic nitrogens is 2. The summed E-state index contributed by atoms with van der Waals surface area (Å²) in [6.07, 6.45) is -3.53. The highest BCUT2D eigenvalue weighted by atomic mass is 32.2. The van der Waals surface area contributed by atoms with Gasteiger partial charge in [0.2, 0.25) is 5.91 Å². The Kier molecular flexibility index (Phi) is 5.33. The molecule has 0 saturated carbocycles. The average Bonchev–Trinajstić information content (AvgIpc) is 3.03. The zero-order chi connectivity index (χ0) is 19.9. The summed E-state index contributed by atoms with van der Waals surface area (Å²) >= 11 is 0. The number of nitrogens with zero attached hydrogens (tertiary/aromatic N) is 3. The van der Waals surface area contributed by atoms with E-state index in [-0.39, 0.29) is 19.4 Å². The highest BCUT2D eigenvalue weighted by Gasteiger charge is 2.42. The molecule has 0 unspecified atom stereocenters. The number of halogens is 3. The van der Waals surface area contributed by atoms with Crippen LogP contribution < -0.4 is 16.6 Å². The average molecular weight is 398 g/mol. The lowest BCUT2D eigenvalue weighted by atomic mass is 10.2. The van der Waals surface area contributed by atoms with E-state index in [1.165, 1.54) is 7.05 Å².